The number of rotatable bonds is 68. The van der Waals surface area contributed by atoms with Crippen molar-refractivity contribution in [1.82, 2.24) is 56.4 Å². The number of nitrogens with two attached hydrogens (primary N) is 2. The topological polar surface area (TPSA) is 542 Å². The Balaban J connectivity index is 0.793. The lowest BCUT2D eigenvalue weighted by Gasteiger charge is -2.27. The van der Waals surface area contributed by atoms with Gasteiger partial charge in [-0.3, -0.25) is 43.2 Å². The van der Waals surface area contributed by atoms with E-state index in [1.165, 1.54) is 48.2 Å². The number of fused-ring (bicyclic) bond motifs is 4. The number of hydrogen-bond donors (Lipinski definition) is 12. The highest BCUT2D eigenvalue weighted by molar-refractivity contribution is 6.19. The lowest BCUT2D eigenvalue weighted by Crippen LogP contribution is -2.58. The van der Waals surface area contributed by atoms with E-state index in [2.05, 4.69) is 52.8 Å². The maximum absolute atomic E-state index is 14.6. The van der Waals surface area contributed by atoms with Gasteiger partial charge in [-0.05, 0) is 116 Å². The van der Waals surface area contributed by atoms with E-state index in [-0.39, 0.29) is 138 Å². The summed E-state index contributed by atoms with van der Waals surface area (Å²) in [6, 6.07) is 17.9. The molecule has 44 heteroatoms. The van der Waals surface area contributed by atoms with E-state index < -0.39 is 103 Å². The fourth-order valence-corrected chi connectivity index (χ4v) is 13.5. The minimum absolute atomic E-state index is 0.0000613. The molecular weight excluding hydrogens is 1780 g/mol. The summed E-state index contributed by atoms with van der Waals surface area (Å²) < 4.78 is 78.7. The number of carbonyl (C=O) groups is 12. The smallest absolute Gasteiger partial charge is 0.415 e. The first-order valence-corrected chi connectivity index (χ1v) is 45.3. The van der Waals surface area contributed by atoms with E-state index in [9.17, 15) is 62.6 Å². The van der Waals surface area contributed by atoms with Gasteiger partial charge in [-0.2, -0.15) is 0 Å². The summed E-state index contributed by atoms with van der Waals surface area (Å²) >= 11 is 6.64. The molecule has 0 spiro atoms. The number of imidazole rings is 1. The molecule has 13 amide bonds. The number of hydrogen-bond acceptors (Lipinski definition) is 29. The van der Waals surface area contributed by atoms with Gasteiger partial charge in [0.05, 0.1) is 183 Å². The molecule has 0 saturated heterocycles. The number of benzene rings is 4. The van der Waals surface area contributed by atoms with E-state index in [1.54, 1.807) is 85.1 Å². The number of likely N-dealkylation sites (N-methyl/N-ethyl adjacent to an activating group) is 2. The highest BCUT2D eigenvalue weighted by Gasteiger charge is 2.38. The highest BCUT2D eigenvalue weighted by Crippen LogP contribution is 2.47. The number of methoxy groups -OCH3 is 1. The molecule has 0 radical (unpaired) electrons. The van der Waals surface area contributed by atoms with E-state index in [0.29, 0.717) is 172 Å². The Labute approximate surface area is 789 Å². The van der Waals surface area contributed by atoms with Crippen LogP contribution >= 0.6 is 11.6 Å². The maximum Gasteiger partial charge on any atom is 0.415 e. The fraction of sp³-hybridized carbons (Fsp3) is 0.549. The lowest BCUT2D eigenvalue weighted by atomic mass is 9.92. The molecule has 0 aliphatic carbocycles. The van der Waals surface area contributed by atoms with Gasteiger partial charge in [0.2, 0.25) is 41.4 Å². The molecule has 14 N–H and O–H groups in total. The second-order valence-corrected chi connectivity index (χ2v) is 31.6. The quantitative estimate of drug-likeness (QED) is 0.0192. The summed E-state index contributed by atoms with van der Waals surface area (Å²) in [6.45, 7) is 13.5. The van der Waals surface area contributed by atoms with Gasteiger partial charge in [0, 0.05) is 107 Å². The molecule has 0 fully saturated rings. The summed E-state index contributed by atoms with van der Waals surface area (Å²) in [5.74, 6) is -6.07. The Morgan fingerprint density at radius 3 is 1.63 bits per heavy atom. The van der Waals surface area contributed by atoms with Crippen molar-refractivity contribution in [3.63, 3.8) is 0 Å². The molecule has 1 aliphatic rings. The summed E-state index contributed by atoms with van der Waals surface area (Å²) in [5.41, 5.74) is 14.8. The number of amides is 13. The van der Waals surface area contributed by atoms with Crippen LogP contribution < -0.4 is 69.0 Å². The van der Waals surface area contributed by atoms with Crippen LogP contribution in [-0.2, 0) is 102 Å². The van der Waals surface area contributed by atoms with Gasteiger partial charge in [0.1, 0.15) is 47.6 Å². The zero-order valence-corrected chi connectivity index (χ0v) is 78.3. The Hall–Kier alpha value is -11.6. The average molecular weight is 1920 g/mol. The van der Waals surface area contributed by atoms with Gasteiger partial charge in [0.25, 0.3) is 11.8 Å². The molecule has 3 heterocycles. The predicted octanol–water partition coefficient (Wildman–Crippen LogP) is 3.63. The Kier molecular flexibility index (Phi) is 51.5. The van der Waals surface area contributed by atoms with Crippen LogP contribution in [0.15, 0.2) is 97.3 Å². The number of aromatic hydroxyl groups is 1. The van der Waals surface area contributed by atoms with Crippen molar-refractivity contribution in [1.29, 1.82) is 0 Å². The van der Waals surface area contributed by atoms with E-state index in [4.69, 9.17) is 89.4 Å². The van der Waals surface area contributed by atoms with Crippen molar-refractivity contribution in [2.45, 2.75) is 89.9 Å². The number of nitrogens with one attached hydrogen (secondary N) is 9. The Morgan fingerprint density at radius 1 is 0.548 bits per heavy atom. The molecule has 7 rings (SSSR count). The number of nitrogens with zero attached hydrogens (tertiary/aromatic N) is 5. The van der Waals surface area contributed by atoms with Crippen LogP contribution in [0.1, 0.15) is 95.8 Å². The molecule has 4 aromatic carbocycles. The number of aromatic nitrogens is 2. The van der Waals surface area contributed by atoms with Crippen molar-refractivity contribution in [2.24, 2.45) is 17.4 Å². The van der Waals surface area contributed by atoms with Crippen molar-refractivity contribution in [2.75, 3.05) is 247 Å². The number of ether oxygens (including phenoxy) is 14. The first kappa shape index (κ1) is 110. The number of primary amides is 1. The zero-order valence-electron chi connectivity index (χ0n) is 77.5. The largest absolute Gasteiger partial charge is 0.508 e. The van der Waals surface area contributed by atoms with Crippen LogP contribution in [0.25, 0.3) is 16.4 Å². The van der Waals surface area contributed by atoms with E-state index >= 15 is 0 Å². The van der Waals surface area contributed by atoms with E-state index in [0.717, 1.165) is 16.5 Å². The number of phenols is 1. The number of halogens is 1. The van der Waals surface area contributed by atoms with Gasteiger partial charge in [-0.15, -0.1) is 11.6 Å². The molecule has 1 aliphatic heterocycles. The summed E-state index contributed by atoms with van der Waals surface area (Å²) in [4.78, 5) is 168. The second-order valence-electron chi connectivity index (χ2n) is 31.3. The standard InChI is InChI=1S/C91H131ClN16O27/c1-62(2)83(104-86(116)71(102-80(113)57-98-79(112)56-97-78(111)55-93)13-7-8-26-95-77(110)25-30-123-33-34-125-37-38-127-41-42-129-45-46-131-49-50-133-52-51-132-48-47-130-44-43-128-40-39-126-36-35-124-32-31-122-6)87(117)103-72(14-10-27-96-89(94)119)85(115)99-67-19-15-64(16-20-67)61-134-90(120)105(4)28-29-106(5)91(121)135-75-53-74-82(81-63(3)11-9-12-70(75)81)66(54-92)58-108(74)88(118)73-60-107-59-68(21-24-76(107)101-73)100-84(114)65-17-22-69(109)23-18-65/h9,11-12,15-24,53,59-60,62,66,71-72,83,109H,7-8,10,13-14,25-52,54-58,61,93H2,1-6H3,(H,95,110)(H,97,111)(H,98,112)(H,99,115)(H,100,114)(H,102,113)(H,103,117)(H,104,116)(H3,94,96,119)/t66-,71+,72+,83+/m1/s1. The molecule has 6 aromatic rings. The first-order valence-electron chi connectivity index (χ1n) is 44.8. The minimum atomic E-state index is -1.30. The number of urea groups is 1. The molecular formula is C91H131ClN16O27. The van der Waals surface area contributed by atoms with Gasteiger partial charge in [-0.25, -0.2) is 19.4 Å². The molecule has 2 aromatic heterocycles. The van der Waals surface area contributed by atoms with Crippen LogP contribution in [0, 0.1) is 12.8 Å². The Morgan fingerprint density at radius 2 is 1.07 bits per heavy atom. The van der Waals surface area contributed by atoms with Gasteiger partial charge in [0.15, 0.2) is 0 Å². The van der Waals surface area contributed by atoms with Crippen molar-refractivity contribution < 1.29 is 129 Å². The first-order chi connectivity index (χ1) is 65.3. The second kappa shape index (κ2) is 62.9. The van der Waals surface area contributed by atoms with E-state index in [1.807, 2.05) is 25.1 Å². The summed E-state index contributed by atoms with van der Waals surface area (Å²) in [6.07, 6.45) is 2.49. The molecule has 0 unspecified atom stereocenters. The molecule has 4 atom stereocenters. The van der Waals surface area contributed by atoms with Gasteiger partial charge < -0.3 is 150 Å². The summed E-state index contributed by atoms with van der Waals surface area (Å²) in [7, 11) is 4.62. The number of aryl methyl sites for hydroxylation is 1. The third kappa shape index (κ3) is 41.3. The normalized spacial score (nSPS) is 12.9. The highest BCUT2D eigenvalue weighted by atomic mass is 35.5. The monoisotopic (exact) mass is 1910 g/mol. The third-order valence-electron chi connectivity index (χ3n) is 20.6. The van der Waals surface area contributed by atoms with Gasteiger partial charge in [-0.1, -0.05) is 44.2 Å². The molecule has 43 nitrogen and oxygen atoms in total. The van der Waals surface area contributed by atoms with Crippen molar-refractivity contribution >= 4 is 116 Å². The summed E-state index contributed by atoms with van der Waals surface area (Å²) in [5, 5.41) is 34.6. The van der Waals surface area contributed by atoms with Crippen LogP contribution in [0.5, 0.6) is 11.5 Å². The average Bonchev–Trinajstić information content (AvgIpc) is 1.60. The van der Waals surface area contributed by atoms with Crippen LogP contribution in [0.4, 0.5) is 31.4 Å². The molecule has 0 bridgehead atoms. The Bertz CT molecular complexity index is 4690. The fourth-order valence-electron chi connectivity index (χ4n) is 13.3. The number of phenolic OH excluding ortho intramolecular Hbond substituents is 1. The minimum Gasteiger partial charge on any atom is -0.508 e. The van der Waals surface area contributed by atoms with Crippen LogP contribution in [-0.4, -0.2) is 345 Å². The number of carbonyl (C=O) groups excluding carboxylic acids is 12. The van der Waals surface area contributed by atoms with Crippen molar-refractivity contribution in [3.8, 4) is 11.5 Å². The molecule has 744 valence electrons. The van der Waals surface area contributed by atoms with Gasteiger partial charge >= 0.3 is 18.2 Å². The number of unbranched alkanes of at least 4 members (excludes halogenated alkanes) is 1. The lowest BCUT2D eigenvalue weighted by molar-refractivity contribution is -0.134. The predicted molar refractivity (Wildman–Crippen MR) is 497 cm³/mol. The zero-order chi connectivity index (χ0) is 97.5. The van der Waals surface area contributed by atoms with Crippen LogP contribution in [0.2, 0.25) is 0 Å². The number of pyridine rings is 1. The third-order valence-corrected chi connectivity index (χ3v) is 20.9. The molecule has 135 heavy (non-hydrogen) atoms. The van der Waals surface area contributed by atoms with Crippen LogP contribution in [0.3, 0.4) is 0 Å². The SMILES string of the molecule is COCCOCCOCCOCCOCCOCCOCCOCCOCCOCCOCCOCCC(=O)NCCCC[C@H](NC(=O)CNC(=O)CNC(=O)CN)C(=O)N[C@H](C(=O)N[C@@H](CCCNC(N)=O)C(=O)Nc1ccc(COC(=O)N(C)CCN(C)C(=O)Oc2cc3c(c4c(C)cccc24)[C@H](CCl)CN3C(=O)c2cn3cc(NC(=O)c4ccc(O)cc4)ccc3n2)cc1)C(C)C. The number of anilines is 3. The number of alkyl halides is 1. The van der Waals surface area contributed by atoms with Crippen molar-refractivity contribution in [3.05, 3.63) is 125 Å². The maximum atomic E-state index is 14.6. The molecule has 0 saturated carbocycles.